The van der Waals surface area contributed by atoms with E-state index in [-0.39, 0.29) is 30.2 Å². The normalized spacial score (nSPS) is 20.1. The number of likely N-dealkylation sites (tertiary alicyclic amines) is 1. The molecule has 2 aromatic rings. The summed E-state index contributed by atoms with van der Waals surface area (Å²) in [5.74, 6) is -0.168. The Morgan fingerprint density at radius 2 is 1.92 bits per heavy atom. The van der Waals surface area contributed by atoms with Gasteiger partial charge in [0, 0.05) is 43.7 Å². The van der Waals surface area contributed by atoms with E-state index in [4.69, 9.17) is 5.73 Å². The van der Waals surface area contributed by atoms with Gasteiger partial charge in [-0.25, -0.2) is 4.39 Å². The van der Waals surface area contributed by atoms with Gasteiger partial charge in [0.15, 0.2) is 0 Å². The summed E-state index contributed by atoms with van der Waals surface area (Å²) in [6.45, 7) is 2.30. The van der Waals surface area contributed by atoms with E-state index in [1.807, 2.05) is 18.2 Å². The third kappa shape index (κ3) is 5.26. The molecular weight excluding hydrogens is 341 g/mol. The van der Waals surface area contributed by atoms with Crippen molar-refractivity contribution in [1.82, 2.24) is 4.90 Å². The summed E-state index contributed by atoms with van der Waals surface area (Å²) in [6, 6.07) is 16.3. The molecule has 1 amide bonds. The molecule has 134 valence electrons. The molecule has 0 aliphatic carbocycles. The van der Waals surface area contributed by atoms with Gasteiger partial charge in [-0.05, 0) is 23.8 Å². The fourth-order valence-corrected chi connectivity index (χ4v) is 3.20. The van der Waals surface area contributed by atoms with Gasteiger partial charge in [-0.2, -0.15) is 0 Å². The lowest BCUT2D eigenvalue weighted by molar-refractivity contribution is -0.116. The molecule has 1 aliphatic rings. The lowest BCUT2D eigenvalue weighted by atomic mass is 9.95. The number of benzene rings is 2. The molecule has 3 rings (SSSR count). The zero-order valence-corrected chi connectivity index (χ0v) is 14.7. The van der Waals surface area contributed by atoms with Crippen molar-refractivity contribution in [3.05, 3.63) is 66.0 Å². The van der Waals surface area contributed by atoms with Crippen LogP contribution >= 0.6 is 12.4 Å². The SMILES string of the molecule is Cl.N[C@@H]1CN(CCC(=O)Nc2cccc(F)c2)C[C@H]1c1ccccc1. The number of nitrogens with zero attached hydrogens (tertiary/aromatic N) is 1. The van der Waals surface area contributed by atoms with Crippen LogP contribution < -0.4 is 11.1 Å². The number of hydrogen-bond donors (Lipinski definition) is 2. The van der Waals surface area contributed by atoms with Gasteiger partial charge in [0.05, 0.1) is 0 Å². The smallest absolute Gasteiger partial charge is 0.225 e. The molecule has 0 radical (unpaired) electrons. The Balaban J connectivity index is 0.00000225. The first-order valence-corrected chi connectivity index (χ1v) is 8.20. The second kappa shape index (κ2) is 8.94. The summed E-state index contributed by atoms with van der Waals surface area (Å²) < 4.78 is 13.1. The van der Waals surface area contributed by atoms with Crippen molar-refractivity contribution >= 4 is 24.0 Å². The molecule has 0 aromatic heterocycles. The summed E-state index contributed by atoms with van der Waals surface area (Å²) in [4.78, 5) is 14.2. The lowest BCUT2D eigenvalue weighted by Gasteiger charge is -2.16. The Labute approximate surface area is 153 Å². The average Bonchev–Trinajstić information content (AvgIpc) is 2.95. The van der Waals surface area contributed by atoms with E-state index in [0.717, 1.165) is 13.1 Å². The van der Waals surface area contributed by atoms with Gasteiger partial charge in [0.2, 0.25) is 5.91 Å². The van der Waals surface area contributed by atoms with Crippen LogP contribution in [0.5, 0.6) is 0 Å². The van der Waals surface area contributed by atoms with Crippen LogP contribution in [0, 0.1) is 5.82 Å². The fourth-order valence-electron chi connectivity index (χ4n) is 3.20. The van der Waals surface area contributed by atoms with Gasteiger partial charge in [-0.1, -0.05) is 36.4 Å². The summed E-state index contributed by atoms with van der Waals surface area (Å²) in [5, 5.41) is 2.72. The predicted molar refractivity (Wildman–Crippen MR) is 100 cm³/mol. The average molecular weight is 364 g/mol. The minimum absolute atomic E-state index is 0. The molecule has 2 aromatic carbocycles. The zero-order valence-electron chi connectivity index (χ0n) is 13.9. The quantitative estimate of drug-likeness (QED) is 0.858. The zero-order chi connectivity index (χ0) is 16.9. The van der Waals surface area contributed by atoms with Crippen molar-refractivity contribution in [1.29, 1.82) is 0 Å². The predicted octanol–water partition coefficient (Wildman–Crippen LogP) is 3.00. The molecular formula is C19H23ClFN3O. The Bertz CT molecular complexity index is 698. The second-order valence-corrected chi connectivity index (χ2v) is 6.25. The van der Waals surface area contributed by atoms with Crippen LogP contribution in [0.15, 0.2) is 54.6 Å². The highest BCUT2D eigenvalue weighted by molar-refractivity contribution is 5.90. The molecule has 1 fully saturated rings. The maximum atomic E-state index is 13.1. The van der Waals surface area contributed by atoms with E-state index in [1.54, 1.807) is 12.1 Å². The van der Waals surface area contributed by atoms with Crippen molar-refractivity contribution < 1.29 is 9.18 Å². The summed E-state index contributed by atoms with van der Waals surface area (Å²) in [6.07, 6.45) is 0.366. The molecule has 2 atom stereocenters. The minimum atomic E-state index is -0.357. The second-order valence-electron chi connectivity index (χ2n) is 6.25. The Morgan fingerprint density at radius 3 is 2.64 bits per heavy atom. The lowest BCUT2D eigenvalue weighted by Crippen LogP contribution is -2.30. The van der Waals surface area contributed by atoms with Crippen molar-refractivity contribution in [2.24, 2.45) is 5.73 Å². The molecule has 1 heterocycles. The van der Waals surface area contributed by atoms with Crippen molar-refractivity contribution in [3.63, 3.8) is 0 Å². The topological polar surface area (TPSA) is 58.4 Å². The van der Waals surface area contributed by atoms with Crippen molar-refractivity contribution in [2.45, 2.75) is 18.4 Å². The summed E-state index contributed by atoms with van der Waals surface area (Å²) in [5.41, 5.74) is 8.00. The number of amides is 1. The van der Waals surface area contributed by atoms with Gasteiger partial charge < -0.3 is 16.0 Å². The van der Waals surface area contributed by atoms with Gasteiger partial charge in [-0.3, -0.25) is 4.79 Å². The van der Waals surface area contributed by atoms with Gasteiger partial charge in [0.1, 0.15) is 5.82 Å². The molecule has 0 saturated carbocycles. The molecule has 25 heavy (non-hydrogen) atoms. The summed E-state index contributed by atoms with van der Waals surface area (Å²) in [7, 11) is 0. The first kappa shape index (κ1) is 19.4. The number of anilines is 1. The third-order valence-corrected chi connectivity index (χ3v) is 4.43. The van der Waals surface area contributed by atoms with Crippen LogP contribution in [-0.2, 0) is 4.79 Å². The van der Waals surface area contributed by atoms with E-state index in [0.29, 0.717) is 24.6 Å². The highest BCUT2D eigenvalue weighted by atomic mass is 35.5. The highest BCUT2D eigenvalue weighted by Crippen LogP contribution is 2.26. The number of carbonyl (C=O) groups excluding carboxylic acids is 1. The van der Waals surface area contributed by atoms with E-state index in [9.17, 15) is 9.18 Å². The molecule has 4 nitrogen and oxygen atoms in total. The molecule has 3 N–H and O–H groups in total. The highest BCUT2D eigenvalue weighted by Gasteiger charge is 2.30. The fraction of sp³-hybridized carbons (Fsp3) is 0.316. The monoisotopic (exact) mass is 363 g/mol. The Kier molecular flexibility index (Phi) is 6.93. The van der Waals surface area contributed by atoms with E-state index in [2.05, 4.69) is 22.3 Å². The molecule has 0 bridgehead atoms. The number of rotatable bonds is 5. The van der Waals surface area contributed by atoms with E-state index >= 15 is 0 Å². The van der Waals surface area contributed by atoms with Crippen LogP contribution in [0.2, 0.25) is 0 Å². The maximum Gasteiger partial charge on any atom is 0.225 e. The van der Waals surface area contributed by atoms with E-state index < -0.39 is 0 Å². The Morgan fingerprint density at radius 1 is 1.16 bits per heavy atom. The van der Waals surface area contributed by atoms with Crippen LogP contribution in [0.3, 0.4) is 0 Å². The minimum Gasteiger partial charge on any atom is -0.326 e. The van der Waals surface area contributed by atoms with Gasteiger partial charge in [-0.15, -0.1) is 12.4 Å². The van der Waals surface area contributed by atoms with Crippen LogP contribution in [0.1, 0.15) is 17.9 Å². The van der Waals surface area contributed by atoms with Crippen molar-refractivity contribution in [3.8, 4) is 0 Å². The molecule has 0 unspecified atom stereocenters. The van der Waals surface area contributed by atoms with Gasteiger partial charge >= 0.3 is 0 Å². The number of nitrogens with two attached hydrogens (primary N) is 1. The standard InChI is InChI=1S/C19H22FN3O.ClH/c20-15-7-4-8-16(11-15)22-19(24)9-10-23-12-17(18(21)13-23)14-5-2-1-3-6-14;/h1-8,11,17-18H,9-10,12-13,21H2,(H,22,24);1H/t17-,18+;/m0./s1. The number of nitrogens with one attached hydrogen (secondary N) is 1. The number of carbonyl (C=O) groups is 1. The van der Waals surface area contributed by atoms with Crippen LogP contribution in [0.4, 0.5) is 10.1 Å². The summed E-state index contributed by atoms with van der Waals surface area (Å²) >= 11 is 0. The number of hydrogen-bond acceptors (Lipinski definition) is 3. The molecule has 0 spiro atoms. The largest absolute Gasteiger partial charge is 0.326 e. The number of halogens is 2. The third-order valence-electron chi connectivity index (χ3n) is 4.43. The maximum absolute atomic E-state index is 13.1. The van der Waals surface area contributed by atoms with Gasteiger partial charge in [0.25, 0.3) is 0 Å². The molecule has 1 aliphatic heterocycles. The van der Waals surface area contributed by atoms with Crippen LogP contribution in [0.25, 0.3) is 0 Å². The first-order chi connectivity index (χ1) is 11.6. The molecule has 6 heteroatoms. The molecule has 1 saturated heterocycles. The van der Waals surface area contributed by atoms with Crippen LogP contribution in [-0.4, -0.2) is 36.5 Å². The Hall–Kier alpha value is -1.95. The van der Waals surface area contributed by atoms with Crippen molar-refractivity contribution in [2.75, 3.05) is 25.0 Å². The van der Waals surface area contributed by atoms with E-state index in [1.165, 1.54) is 17.7 Å². The first-order valence-electron chi connectivity index (χ1n) is 8.20.